The summed E-state index contributed by atoms with van der Waals surface area (Å²) in [7, 11) is 1.69. The van der Waals surface area contributed by atoms with E-state index < -0.39 is 0 Å². The Kier molecular flexibility index (Phi) is 15.8. The van der Waals surface area contributed by atoms with Crippen LogP contribution in [0.5, 0.6) is 0 Å². The average Bonchev–Trinajstić information content (AvgIpc) is 2.44. The van der Waals surface area contributed by atoms with Crippen molar-refractivity contribution in [2.45, 2.75) is 70.8 Å². The molecule has 4 nitrogen and oxygen atoms in total. The van der Waals surface area contributed by atoms with Gasteiger partial charge in [0, 0.05) is 19.8 Å². The second kappa shape index (κ2) is 15.9. The van der Waals surface area contributed by atoms with Gasteiger partial charge in [-0.15, -0.1) is 0 Å². The maximum Gasteiger partial charge on any atom is 0.0700 e. The number of rotatable bonds is 15. The van der Waals surface area contributed by atoms with E-state index in [0.717, 1.165) is 19.4 Å². The summed E-state index contributed by atoms with van der Waals surface area (Å²) in [6, 6.07) is 0.387. The highest BCUT2D eigenvalue weighted by Crippen LogP contribution is 2.10. The zero-order chi connectivity index (χ0) is 14.2. The van der Waals surface area contributed by atoms with Crippen molar-refractivity contribution >= 4 is 0 Å². The molecular formula is C15H34N2O2. The van der Waals surface area contributed by atoms with Crippen LogP contribution in [-0.2, 0) is 9.47 Å². The van der Waals surface area contributed by atoms with Crippen molar-refractivity contribution in [2.75, 3.05) is 26.9 Å². The summed E-state index contributed by atoms with van der Waals surface area (Å²) in [5, 5.41) is 0. The van der Waals surface area contributed by atoms with E-state index in [0.29, 0.717) is 19.3 Å². The predicted octanol–water partition coefficient (Wildman–Crippen LogP) is 3.01. The lowest BCUT2D eigenvalue weighted by molar-refractivity contribution is 0.0653. The van der Waals surface area contributed by atoms with Gasteiger partial charge in [-0.05, 0) is 12.8 Å². The molecule has 0 saturated carbocycles. The van der Waals surface area contributed by atoms with Crippen LogP contribution in [0.1, 0.15) is 64.7 Å². The van der Waals surface area contributed by atoms with E-state index in [-0.39, 0.29) is 0 Å². The molecule has 0 saturated heterocycles. The minimum Gasteiger partial charge on any atom is -0.382 e. The number of hydrazine groups is 1. The van der Waals surface area contributed by atoms with Crippen LogP contribution in [0.4, 0.5) is 0 Å². The van der Waals surface area contributed by atoms with Crippen molar-refractivity contribution in [1.82, 2.24) is 5.43 Å². The van der Waals surface area contributed by atoms with Gasteiger partial charge in [0.2, 0.25) is 0 Å². The molecule has 1 atom stereocenters. The second-order valence-corrected chi connectivity index (χ2v) is 5.17. The van der Waals surface area contributed by atoms with Gasteiger partial charge in [0.25, 0.3) is 0 Å². The smallest absolute Gasteiger partial charge is 0.0700 e. The van der Waals surface area contributed by atoms with Crippen LogP contribution in [0.25, 0.3) is 0 Å². The summed E-state index contributed by atoms with van der Waals surface area (Å²) in [4.78, 5) is 0. The molecular weight excluding hydrogens is 240 g/mol. The molecule has 0 aliphatic carbocycles. The minimum absolute atomic E-state index is 0.387. The fraction of sp³-hybridized carbons (Fsp3) is 1.00. The number of methoxy groups -OCH3 is 1. The van der Waals surface area contributed by atoms with Gasteiger partial charge in [0.1, 0.15) is 0 Å². The lowest BCUT2D eigenvalue weighted by atomic mass is 10.0. The molecule has 0 aromatic rings. The molecule has 0 fully saturated rings. The molecule has 116 valence electrons. The van der Waals surface area contributed by atoms with Crippen LogP contribution >= 0.6 is 0 Å². The predicted molar refractivity (Wildman–Crippen MR) is 81.0 cm³/mol. The van der Waals surface area contributed by atoms with Gasteiger partial charge in [-0.2, -0.15) is 0 Å². The molecule has 0 aliphatic heterocycles. The molecule has 3 N–H and O–H groups in total. The monoisotopic (exact) mass is 274 g/mol. The van der Waals surface area contributed by atoms with Gasteiger partial charge >= 0.3 is 0 Å². The van der Waals surface area contributed by atoms with Crippen LogP contribution in [0.2, 0.25) is 0 Å². The van der Waals surface area contributed by atoms with Crippen LogP contribution in [0, 0.1) is 0 Å². The van der Waals surface area contributed by atoms with E-state index in [4.69, 9.17) is 15.3 Å². The second-order valence-electron chi connectivity index (χ2n) is 5.17. The third-order valence-corrected chi connectivity index (χ3v) is 3.43. The van der Waals surface area contributed by atoms with Crippen molar-refractivity contribution in [3.8, 4) is 0 Å². The van der Waals surface area contributed by atoms with Crippen LogP contribution < -0.4 is 11.3 Å². The number of hydrogen-bond acceptors (Lipinski definition) is 4. The van der Waals surface area contributed by atoms with Gasteiger partial charge < -0.3 is 9.47 Å². The molecule has 0 heterocycles. The van der Waals surface area contributed by atoms with E-state index >= 15 is 0 Å². The van der Waals surface area contributed by atoms with Crippen LogP contribution in [-0.4, -0.2) is 33.0 Å². The average molecular weight is 274 g/mol. The molecule has 0 radical (unpaired) electrons. The molecule has 0 amide bonds. The number of hydrogen-bond donors (Lipinski definition) is 2. The van der Waals surface area contributed by atoms with E-state index in [1.165, 1.54) is 44.9 Å². The Morgan fingerprint density at radius 1 is 0.895 bits per heavy atom. The zero-order valence-electron chi connectivity index (χ0n) is 13.0. The first kappa shape index (κ1) is 18.8. The molecule has 0 aromatic heterocycles. The number of nitrogens with two attached hydrogens (primary N) is 1. The minimum atomic E-state index is 0.387. The van der Waals surface area contributed by atoms with Crippen molar-refractivity contribution in [1.29, 1.82) is 0 Å². The lowest BCUT2D eigenvalue weighted by Crippen LogP contribution is -2.36. The third kappa shape index (κ3) is 14.1. The quantitative estimate of drug-likeness (QED) is 0.274. The topological polar surface area (TPSA) is 56.5 Å². The third-order valence-electron chi connectivity index (χ3n) is 3.43. The van der Waals surface area contributed by atoms with Crippen molar-refractivity contribution in [3.05, 3.63) is 0 Å². The highest BCUT2D eigenvalue weighted by atomic mass is 16.5. The SMILES string of the molecule is CCCCCCCCCC(CCOCCOC)NN. The summed E-state index contributed by atoms with van der Waals surface area (Å²) < 4.78 is 10.4. The first-order valence-electron chi connectivity index (χ1n) is 7.88. The lowest BCUT2D eigenvalue weighted by Gasteiger charge is -2.15. The molecule has 1 unspecified atom stereocenters. The maximum atomic E-state index is 5.56. The van der Waals surface area contributed by atoms with Gasteiger partial charge in [0.05, 0.1) is 13.2 Å². The summed E-state index contributed by atoms with van der Waals surface area (Å²) in [5.74, 6) is 5.56. The summed E-state index contributed by atoms with van der Waals surface area (Å²) in [5.41, 5.74) is 2.89. The molecule has 0 aromatic carbocycles. The Balaban J connectivity index is 3.29. The highest BCUT2D eigenvalue weighted by Gasteiger charge is 2.05. The normalized spacial score (nSPS) is 12.8. The standard InChI is InChI=1S/C15H34N2O2/c1-3-4-5-6-7-8-9-10-15(17-16)11-12-19-14-13-18-2/h15,17H,3-14,16H2,1-2H3. The summed E-state index contributed by atoms with van der Waals surface area (Å²) >= 11 is 0. The molecule has 0 rings (SSSR count). The maximum absolute atomic E-state index is 5.56. The fourth-order valence-electron chi connectivity index (χ4n) is 2.13. The van der Waals surface area contributed by atoms with Gasteiger partial charge in [-0.25, -0.2) is 0 Å². The first-order valence-corrected chi connectivity index (χ1v) is 7.88. The van der Waals surface area contributed by atoms with Gasteiger partial charge in [-0.3, -0.25) is 11.3 Å². The summed E-state index contributed by atoms with van der Waals surface area (Å²) in [6.07, 6.45) is 11.6. The summed E-state index contributed by atoms with van der Waals surface area (Å²) in [6.45, 7) is 4.35. The number of unbranched alkanes of at least 4 members (excludes halogenated alkanes) is 6. The zero-order valence-corrected chi connectivity index (χ0v) is 13.0. The number of ether oxygens (including phenoxy) is 2. The Bertz CT molecular complexity index is 168. The van der Waals surface area contributed by atoms with Crippen LogP contribution in [0.3, 0.4) is 0 Å². The van der Waals surface area contributed by atoms with E-state index in [9.17, 15) is 0 Å². The Hall–Kier alpha value is -0.160. The Labute approximate surface area is 119 Å². The molecule has 4 heteroatoms. The Morgan fingerprint density at radius 3 is 2.21 bits per heavy atom. The van der Waals surface area contributed by atoms with Crippen LogP contribution in [0.15, 0.2) is 0 Å². The highest BCUT2D eigenvalue weighted by molar-refractivity contribution is 4.63. The first-order chi connectivity index (χ1) is 9.35. The van der Waals surface area contributed by atoms with Crippen molar-refractivity contribution < 1.29 is 9.47 Å². The van der Waals surface area contributed by atoms with E-state index in [1.807, 2.05) is 0 Å². The van der Waals surface area contributed by atoms with Crippen molar-refractivity contribution in [2.24, 2.45) is 5.84 Å². The van der Waals surface area contributed by atoms with E-state index in [1.54, 1.807) is 7.11 Å². The number of nitrogens with one attached hydrogen (secondary N) is 1. The largest absolute Gasteiger partial charge is 0.382 e. The molecule has 19 heavy (non-hydrogen) atoms. The molecule has 0 bridgehead atoms. The van der Waals surface area contributed by atoms with E-state index in [2.05, 4.69) is 12.3 Å². The molecule has 0 aliphatic rings. The fourth-order valence-corrected chi connectivity index (χ4v) is 2.13. The molecule has 0 spiro atoms. The van der Waals surface area contributed by atoms with Gasteiger partial charge in [0.15, 0.2) is 0 Å². The Morgan fingerprint density at radius 2 is 1.58 bits per heavy atom. The van der Waals surface area contributed by atoms with Gasteiger partial charge in [-0.1, -0.05) is 51.9 Å². The van der Waals surface area contributed by atoms with Crippen molar-refractivity contribution in [3.63, 3.8) is 0 Å².